The fourth-order valence-corrected chi connectivity index (χ4v) is 3.65. The van der Waals surface area contributed by atoms with Gasteiger partial charge in [-0.3, -0.25) is 19.7 Å². The van der Waals surface area contributed by atoms with Crippen LogP contribution in [0, 0.1) is 6.92 Å². The molecule has 3 N–H and O–H groups in total. The van der Waals surface area contributed by atoms with Gasteiger partial charge in [-0.25, -0.2) is 0 Å². The molecule has 0 aromatic carbocycles. The van der Waals surface area contributed by atoms with E-state index >= 15 is 0 Å². The number of nitrogens with two attached hydrogens (primary N) is 1. The van der Waals surface area contributed by atoms with Gasteiger partial charge >= 0.3 is 0 Å². The number of hydrogen-bond acceptors (Lipinski definition) is 5. The molecular formula is C22H24N4O2. The lowest BCUT2D eigenvalue weighted by Crippen LogP contribution is -2.29. The molecule has 6 heteroatoms. The number of primary amides is 1. The summed E-state index contributed by atoms with van der Waals surface area (Å²) in [6.45, 7) is 4.04. The Hall–Kier alpha value is -2.86. The van der Waals surface area contributed by atoms with Crippen LogP contribution >= 0.6 is 0 Å². The summed E-state index contributed by atoms with van der Waals surface area (Å²) in [6.07, 6.45) is 7.92. The van der Waals surface area contributed by atoms with Gasteiger partial charge in [-0.2, -0.15) is 0 Å². The van der Waals surface area contributed by atoms with E-state index in [1.165, 1.54) is 0 Å². The maximum Gasteiger partial charge on any atom is 0.229 e. The van der Waals surface area contributed by atoms with E-state index < -0.39 is 11.5 Å². The third-order valence-corrected chi connectivity index (χ3v) is 5.63. The number of aromatic nitrogens is 3. The number of pyridine rings is 3. The fourth-order valence-electron chi connectivity index (χ4n) is 3.65. The smallest absolute Gasteiger partial charge is 0.229 e. The summed E-state index contributed by atoms with van der Waals surface area (Å²) in [5.41, 5.74) is 9.13. The topological polar surface area (TPSA) is 102 Å². The Kier molecular flexibility index (Phi) is 4.59. The van der Waals surface area contributed by atoms with Crippen molar-refractivity contribution in [3.05, 3.63) is 53.7 Å². The van der Waals surface area contributed by atoms with Crippen LogP contribution in [0.1, 0.15) is 55.7 Å². The van der Waals surface area contributed by atoms with Gasteiger partial charge in [0.25, 0.3) is 0 Å². The van der Waals surface area contributed by atoms with Crippen molar-refractivity contribution in [2.75, 3.05) is 0 Å². The second-order valence-electron chi connectivity index (χ2n) is 7.66. The molecule has 1 saturated carbocycles. The van der Waals surface area contributed by atoms with E-state index in [-0.39, 0.29) is 5.91 Å². The quantitative estimate of drug-likeness (QED) is 0.687. The van der Waals surface area contributed by atoms with Gasteiger partial charge in [-0.15, -0.1) is 0 Å². The van der Waals surface area contributed by atoms with Crippen molar-refractivity contribution in [3.63, 3.8) is 0 Å². The van der Waals surface area contributed by atoms with Crippen molar-refractivity contribution in [1.82, 2.24) is 15.0 Å². The zero-order valence-corrected chi connectivity index (χ0v) is 16.1. The molecule has 1 aliphatic carbocycles. The molecule has 6 nitrogen and oxygen atoms in total. The lowest BCUT2D eigenvalue weighted by Gasteiger charge is -2.13. The van der Waals surface area contributed by atoms with E-state index in [1.54, 1.807) is 18.6 Å². The number of carbonyl (C=O) groups excluding carboxylic acids is 1. The highest BCUT2D eigenvalue weighted by Gasteiger charge is 2.51. The molecule has 0 bridgehead atoms. The number of hydrogen-bond donors (Lipinski definition) is 2. The Balaban J connectivity index is 1.68. The number of nitrogens with zero attached hydrogens (tertiary/aromatic N) is 3. The monoisotopic (exact) mass is 376 g/mol. The van der Waals surface area contributed by atoms with Crippen molar-refractivity contribution in [3.8, 4) is 11.3 Å². The Bertz CT molecular complexity index is 1060. The second-order valence-corrected chi connectivity index (χ2v) is 7.66. The molecule has 0 aliphatic heterocycles. The molecule has 1 atom stereocenters. The number of carbonyl (C=O) groups is 1. The van der Waals surface area contributed by atoms with Crippen LogP contribution in [-0.4, -0.2) is 26.0 Å². The van der Waals surface area contributed by atoms with Crippen LogP contribution in [0.4, 0.5) is 0 Å². The Labute approximate surface area is 163 Å². The van der Waals surface area contributed by atoms with Crippen molar-refractivity contribution in [2.24, 2.45) is 5.73 Å². The molecule has 3 heterocycles. The number of aliphatic hydroxyl groups is 1. The van der Waals surface area contributed by atoms with E-state index in [4.69, 9.17) is 5.73 Å². The maximum atomic E-state index is 11.8. The molecular weight excluding hydrogens is 352 g/mol. The van der Waals surface area contributed by atoms with Gasteiger partial charge in [-0.1, -0.05) is 13.3 Å². The average Bonchev–Trinajstić information content (AvgIpc) is 3.49. The van der Waals surface area contributed by atoms with Crippen molar-refractivity contribution in [2.45, 2.75) is 51.0 Å². The zero-order valence-electron chi connectivity index (χ0n) is 16.1. The van der Waals surface area contributed by atoms with Crippen LogP contribution in [0.15, 0.2) is 36.8 Å². The first-order valence-corrected chi connectivity index (χ1v) is 9.66. The van der Waals surface area contributed by atoms with Gasteiger partial charge < -0.3 is 10.8 Å². The highest BCUT2D eigenvalue weighted by molar-refractivity contribution is 5.91. The molecule has 3 aromatic heterocycles. The van der Waals surface area contributed by atoms with Crippen molar-refractivity contribution >= 4 is 16.7 Å². The molecule has 1 aliphatic rings. The fraction of sp³-hybridized carbons (Fsp3) is 0.364. The molecule has 0 saturated heterocycles. The molecule has 144 valence electrons. The van der Waals surface area contributed by atoms with E-state index in [1.807, 2.05) is 32.0 Å². The molecule has 0 spiro atoms. The molecule has 28 heavy (non-hydrogen) atoms. The SMILES string of the molecule is CCC[C@H](O)c1cc(C)c(-c2cc3cnc(C4(C(N)=O)CC4)cc3cn2)cn1. The van der Waals surface area contributed by atoms with Gasteiger partial charge in [0.05, 0.1) is 28.6 Å². The molecule has 1 amide bonds. The van der Waals surface area contributed by atoms with E-state index in [0.29, 0.717) is 12.1 Å². The van der Waals surface area contributed by atoms with Crippen molar-refractivity contribution < 1.29 is 9.90 Å². The minimum Gasteiger partial charge on any atom is -0.387 e. The van der Waals surface area contributed by atoms with Crippen LogP contribution < -0.4 is 5.73 Å². The summed E-state index contributed by atoms with van der Waals surface area (Å²) < 4.78 is 0. The highest BCUT2D eigenvalue weighted by Crippen LogP contribution is 2.47. The third-order valence-electron chi connectivity index (χ3n) is 5.63. The largest absolute Gasteiger partial charge is 0.387 e. The van der Waals surface area contributed by atoms with E-state index in [9.17, 15) is 9.90 Å². The van der Waals surface area contributed by atoms with Gasteiger partial charge in [0.2, 0.25) is 5.91 Å². The van der Waals surface area contributed by atoms with Crippen LogP contribution in [0.5, 0.6) is 0 Å². The minimum atomic E-state index is -0.595. The van der Waals surface area contributed by atoms with Crippen LogP contribution in [-0.2, 0) is 10.2 Å². The molecule has 4 rings (SSSR count). The summed E-state index contributed by atoms with van der Waals surface area (Å²) in [6, 6.07) is 5.81. The van der Waals surface area contributed by atoms with Crippen LogP contribution in [0.25, 0.3) is 22.0 Å². The number of aliphatic hydroxyl groups excluding tert-OH is 1. The normalized spacial score (nSPS) is 16.1. The lowest BCUT2D eigenvalue weighted by molar-refractivity contribution is -0.120. The first-order valence-electron chi connectivity index (χ1n) is 9.66. The number of rotatable bonds is 6. The number of aryl methyl sites for hydroxylation is 1. The minimum absolute atomic E-state index is 0.309. The number of fused-ring (bicyclic) bond motifs is 1. The Morgan fingerprint density at radius 1 is 1.14 bits per heavy atom. The Morgan fingerprint density at radius 3 is 2.50 bits per heavy atom. The van der Waals surface area contributed by atoms with Crippen molar-refractivity contribution in [1.29, 1.82) is 0 Å². The maximum absolute atomic E-state index is 11.8. The molecule has 0 unspecified atom stereocenters. The average molecular weight is 376 g/mol. The second kappa shape index (κ2) is 6.95. The summed E-state index contributed by atoms with van der Waals surface area (Å²) in [4.78, 5) is 25.3. The summed E-state index contributed by atoms with van der Waals surface area (Å²) in [7, 11) is 0. The van der Waals surface area contributed by atoms with Crippen LogP contribution in [0.3, 0.4) is 0 Å². The molecule has 3 aromatic rings. The van der Waals surface area contributed by atoms with E-state index in [0.717, 1.165) is 52.5 Å². The summed E-state index contributed by atoms with van der Waals surface area (Å²) in [5.74, 6) is -0.309. The first kappa shape index (κ1) is 18.5. The predicted molar refractivity (Wildman–Crippen MR) is 107 cm³/mol. The number of amides is 1. The van der Waals surface area contributed by atoms with Gasteiger partial charge in [0.1, 0.15) is 0 Å². The first-order chi connectivity index (χ1) is 13.4. The summed E-state index contributed by atoms with van der Waals surface area (Å²) in [5, 5.41) is 12.0. The summed E-state index contributed by atoms with van der Waals surface area (Å²) >= 11 is 0. The Morgan fingerprint density at radius 2 is 1.86 bits per heavy atom. The lowest BCUT2D eigenvalue weighted by atomic mass is 9.98. The standard InChI is InChI=1S/C22H24N4O2/c1-3-4-19(27)18-7-13(2)16(12-25-18)17-8-14-11-26-20(9-15(14)10-24-17)22(5-6-22)21(23)28/h7-12,19,27H,3-6H2,1-2H3,(H2,23,28)/t19-/m0/s1. The van der Waals surface area contributed by atoms with Gasteiger partial charge in [0.15, 0.2) is 0 Å². The zero-order chi connectivity index (χ0) is 19.9. The predicted octanol–water partition coefficient (Wildman–Crippen LogP) is 3.35. The van der Waals surface area contributed by atoms with E-state index in [2.05, 4.69) is 15.0 Å². The molecule has 1 fully saturated rings. The van der Waals surface area contributed by atoms with Gasteiger partial charge in [0, 0.05) is 34.9 Å². The highest BCUT2D eigenvalue weighted by atomic mass is 16.3. The third kappa shape index (κ3) is 3.14. The van der Waals surface area contributed by atoms with Gasteiger partial charge in [-0.05, 0) is 49.9 Å². The van der Waals surface area contributed by atoms with Crippen LogP contribution in [0.2, 0.25) is 0 Å². The molecule has 0 radical (unpaired) electrons.